The Bertz CT molecular complexity index is 449. The van der Waals surface area contributed by atoms with Crippen LogP contribution in [-0.4, -0.2) is 28.7 Å². The van der Waals surface area contributed by atoms with Crippen LogP contribution in [0, 0.1) is 6.92 Å². The maximum Gasteiger partial charge on any atom is 0.410 e. The van der Waals surface area contributed by atoms with Crippen molar-refractivity contribution < 1.29 is 14.6 Å². The second kappa shape index (κ2) is 6.06. The SMILES string of the molecule is Cc1cc(CO)ccc1CN(C)C(=O)OC(C)(C)C. The zero-order valence-electron chi connectivity index (χ0n) is 12.4. The van der Waals surface area contributed by atoms with Crippen molar-refractivity contribution in [2.75, 3.05) is 7.05 Å². The van der Waals surface area contributed by atoms with E-state index in [4.69, 9.17) is 9.84 Å². The Kier molecular flexibility index (Phi) is 4.95. The third kappa shape index (κ3) is 4.91. The van der Waals surface area contributed by atoms with Crippen LogP contribution in [-0.2, 0) is 17.9 Å². The highest BCUT2D eigenvalue weighted by molar-refractivity contribution is 5.67. The standard InChI is InChI=1S/C15H23NO3/c1-11-8-12(10-17)6-7-13(11)9-16(5)14(18)19-15(2,3)4/h6-8,17H,9-10H2,1-5H3. The van der Waals surface area contributed by atoms with Gasteiger partial charge in [0.1, 0.15) is 5.60 Å². The molecule has 0 unspecified atom stereocenters. The first-order valence-corrected chi connectivity index (χ1v) is 6.36. The van der Waals surface area contributed by atoms with Gasteiger partial charge in [-0.2, -0.15) is 0 Å². The molecule has 1 rings (SSSR count). The lowest BCUT2D eigenvalue weighted by Crippen LogP contribution is -2.33. The maximum absolute atomic E-state index is 11.9. The molecule has 0 aliphatic carbocycles. The molecule has 0 fully saturated rings. The predicted molar refractivity (Wildman–Crippen MR) is 74.8 cm³/mol. The van der Waals surface area contributed by atoms with Gasteiger partial charge in [0.25, 0.3) is 0 Å². The number of hydrogen-bond donors (Lipinski definition) is 1. The highest BCUT2D eigenvalue weighted by Gasteiger charge is 2.19. The molecule has 106 valence electrons. The van der Waals surface area contributed by atoms with Crippen molar-refractivity contribution in [3.8, 4) is 0 Å². The van der Waals surface area contributed by atoms with Crippen LogP contribution in [0.25, 0.3) is 0 Å². The Hall–Kier alpha value is -1.55. The molecule has 0 aromatic heterocycles. The molecule has 4 nitrogen and oxygen atoms in total. The average Bonchev–Trinajstić information content (AvgIpc) is 2.29. The second-order valence-electron chi connectivity index (χ2n) is 5.76. The van der Waals surface area contributed by atoms with E-state index in [2.05, 4.69) is 0 Å². The summed E-state index contributed by atoms with van der Waals surface area (Å²) in [6.07, 6.45) is -0.335. The predicted octanol–water partition coefficient (Wildman–Crippen LogP) is 2.85. The maximum atomic E-state index is 11.9. The number of aryl methyl sites for hydroxylation is 1. The Labute approximate surface area is 115 Å². The summed E-state index contributed by atoms with van der Waals surface area (Å²) in [5.74, 6) is 0. The Balaban J connectivity index is 2.71. The van der Waals surface area contributed by atoms with Gasteiger partial charge in [0.15, 0.2) is 0 Å². The minimum absolute atomic E-state index is 0.0308. The number of aliphatic hydroxyl groups excluding tert-OH is 1. The molecule has 0 heterocycles. The van der Waals surface area contributed by atoms with Gasteiger partial charge in [-0.05, 0) is 44.4 Å². The molecule has 0 aliphatic heterocycles. The van der Waals surface area contributed by atoms with Gasteiger partial charge in [-0.1, -0.05) is 18.2 Å². The van der Waals surface area contributed by atoms with Crippen LogP contribution < -0.4 is 0 Å². The van der Waals surface area contributed by atoms with E-state index in [1.807, 2.05) is 45.9 Å². The fraction of sp³-hybridized carbons (Fsp3) is 0.533. The Morgan fingerprint density at radius 2 is 2.00 bits per heavy atom. The van der Waals surface area contributed by atoms with Gasteiger partial charge in [0.05, 0.1) is 6.61 Å². The molecular weight excluding hydrogens is 242 g/mol. The van der Waals surface area contributed by atoms with E-state index >= 15 is 0 Å². The van der Waals surface area contributed by atoms with Gasteiger partial charge in [-0.25, -0.2) is 4.79 Å². The van der Waals surface area contributed by atoms with Gasteiger partial charge in [0, 0.05) is 13.6 Å². The van der Waals surface area contributed by atoms with E-state index in [1.54, 1.807) is 11.9 Å². The van der Waals surface area contributed by atoms with E-state index in [0.717, 1.165) is 16.7 Å². The number of hydrogen-bond acceptors (Lipinski definition) is 3. The molecule has 1 aromatic carbocycles. The number of aliphatic hydroxyl groups is 1. The summed E-state index contributed by atoms with van der Waals surface area (Å²) in [6.45, 7) is 8.03. The second-order valence-corrected chi connectivity index (χ2v) is 5.76. The van der Waals surface area contributed by atoms with Crippen LogP contribution in [0.3, 0.4) is 0 Å². The number of carbonyl (C=O) groups excluding carboxylic acids is 1. The van der Waals surface area contributed by atoms with E-state index in [0.29, 0.717) is 6.54 Å². The lowest BCUT2D eigenvalue weighted by atomic mass is 10.1. The molecule has 1 aromatic rings. The van der Waals surface area contributed by atoms with Gasteiger partial charge in [0.2, 0.25) is 0 Å². The third-order valence-corrected chi connectivity index (χ3v) is 2.70. The monoisotopic (exact) mass is 265 g/mol. The number of benzene rings is 1. The molecule has 0 radical (unpaired) electrons. The number of carbonyl (C=O) groups is 1. The fourth-order valence-electron chi connectivity index (χ4n) is 1.69. The van der Waals surface area contributed by atoms with Crippen LogP contribution in [0.15, 0.2) is 18.2 Å². The first kappa shape index (κ1) is 15.5. The van der Waals surface area contributed by atoms with Gasteiger partial charge in [-0.15, -0.1) is 0 Å². The fourth-order valence-corrected chi connectivity index (χ4v) is 1.69. The molecule has 19 heavy (non-hydrogen) atoms. The molecule has 1 amide bonds. The first-order chi connectivity index (χ1) is 8.73. The Morgan fingerprint density at radius 3 is 2.47 bits per heavy atom. The van der Waals surface area contributed by atoms with Crippen molar-refractivity contribution in [2.45, 2.75) is 46.4 Å². The minimum Gasteiger partial charge on any atom is -0.444 e. The van der Waals surface area contributed by atoms with Crippen molar-refractivity contribution in [3.05, 3.63) is 34.9 Å². The topological polar surface area (TPSA) is 49.8 Å². The van der Waals surface area contributed by atoms with Crippen LogP contribution in [0.4, 0.5) is 4.79 Å². The van der Waals surface area contributed by atoms with Crippen LogP contribution in [0.1, 0.15) is 37.5 Å². The summed E-state index contributed by atoms with van der Waals surface area (Å²) in [7, 11) is 1.72. The lowest BCUT2D eigenvalue weighted by molar-refractivity contribution is 0.0285. The van der Waals surface area contributed by atoms with Crippen molar-refractivity contribution in [1.82, 2.24) is 4.90 Å². The minimum atomic E-state index is -0.485. The van der Waals surface area contributed by atoms with E-state index in [-0.39, 0.29) is 12.7 Å². The zero-order valence-corrected chi connectivity index (χ0v) is 12.4. The first-order valence-electron chi connectivity index (χ1n) is 6.36. The summed E-state index contributed by atoms with van der Waals surface area (Å²) in [5.41, 5.74) is 2.50. The van der Waals surface area contributed by atoms with Crippen molar-refractivity contribution in [3.63, 3.8) is 0 Å². The van der Waals surface area contributed by atoms with Crippen LogP contribution >= 0.6 is 0 Å². The summed E-state index contributed by atoms with van der Waals surface area (Å²) >= 11 is 0. The lowest BCUT2D eigenvalue weighted by Gasteiger charge is -2.25. The summed E-state index contributed by atoms with van der Waals surface area (Å²) < 4.78 is 5.30. The quantitative estimate of drug-likeness (QED) is 0.914. The van der Waals surface area contributed by atoms with Crippen molar-refractivity contribution >= 4 is 6.09 Å². The van der Waals surface area contributed by atoms with E-state index < -0.39 is 5.60 Å². The van der Waals surface area contributed by atoms with Crippen molar-refractivity contribution in [1.29, 1.82) is 0 Å². The largest absolute Gasteiger partial charge is 0.444 e. The average molecular weight is 265 g/mol. The van der Waals surface area contributed by atoms with E-state index in [9.17, 15) is 4.79 Å². The molecule has 0 saturated carbocycles. The number of amides is 1. The smallest absolute Gasteiger partial charge is 0.410 e. The zero-order chi connectivity index (χ0) is 14.6. The van der Waals surface area contributed by atoms with Gasteiger partial charge in [-0.3, -0.25) is 0 Å². The molecule has 0 atom stereocenters. The number of ether oxygens (including phenoxy) is 1. The highest BCUT2D eigenvalue weighted by Crippen LogP contribution is 2.15. The molecule has 1 N–H and O–H groups in total. The normalized spacial score (nSPS) is 11.3. The van der Waals surface area contributed by atoms with E-state index in [1.165, 1.54) is 0 Å². The van der Waals surface area contributed by atoms with Gasteiger partial charge < -0.3 is 14.7 Å². The number of rotatable bonds is 3. The summed E-state index contributed by atoms with van der Waals surface area (Å²) in [4.78, 5) is 13.4. The molecule has 0 saturated heterocycles. The third-order valence-electron chi connectivity index (χ3n) is 2.70. The molecule has 0 spiro atoms. The summed E-state index contributed by atoms with van der Waals surface area (Å²) in [6, 6.07) is 5.73. The summed E-state index contributed by atoms with van der Waals surface area (Å²) in [5, 5.41) is 9.07. The van der Waals surface area contributed by atoms with Gasteiger partial charge >= 0.3 is 6.09 Å². The molecule has 0 aliphatic rings. The molecular formula is C15H23NO3. The van der Waals surface area contributed by atoms with Crippen molar-refractivity contribution in [2.24, 2.45) is 0 Å². The molecule has 0 bridgehead atoms. The Morgan fingerprint density at radius 1 is 1.37 bits per heavy atom. The van der Waals surface area contributed by atoms with Crippen LogP contribution in [0.5, 0.6) is 0 Å². The number of nitrogens with zero attached hydrogens (tertiary/aromatic N) is 1. The van der Waals surface area contributed by atoms with Crippen LogP contribution in [0.2, 0.25) is 0 Å². The molecule has 4 heteroatoms. The highest BCUT2D eigenvalue weighted by atomic mass is 16.6.